The molecule has 84 valence electrons. The maximum Gasteiger partial charge on any atom is 0.337 e. The molecule has 0 atom stereocenters. The average Bonchev–Trinajstić information content (AvgIpc) is 2.26. The van der Waals surface area contributed by atoms with Crippen LogP contribution in [0.15, 0.2) is 24.3 Å². The van der Waals surface area contributed by atoms with Crippen molar-refractivity contribution in [3.8, 4) is 5.75 Å². The fraction of sp³-hybridized carbons (Fsp3) is 0.167. The van der Waals surface area contributed by atoms with Crippen LogP contribution in [0.4, 0.5) is 0 Å². The Morgan fingerprint density at radius 2 is 2.06 bits per heavy atom. The van der Waals surface area contributed by atoms with Crippen LogP contribution in [-0.2, 0) is 9.53 Å². The molecular weight excluding hydrogens is 208 g/mol. The Hall–Kier alpha value is -2.10. The Kier molecular flexibility index (Phi) is 3.83. The van der Waals surface area contributed by atoms with E-state index in [-0.39, 0.29) is 17.1 Å². The van der Waals surface area contributed by atoms with Crippen molar-refractivity contribution in [2.24, 2.45) is 0 Å². The zero-order valence-corrected chi connectivity index (χ0v) is 9.06. The summed E-state index contributed by atoms with van der Waals surface area (Å²) in [5, 5.41) is 9.58. The van der Waals surface area contributed by atoms with Gasteiger partial charge in [-0.25, -0.2) is 4.79 Å². The highest BCUT2D eigenvalue weighted by atomic mass is 16.5. The van der Waals surface area contributed by atoms with Crippen molar-refractivity contribution in [2.45, 2.75) is 6.92 Å². The van der Waals surface area contributed by atoms with Crippen molar-refractivity contribution in [1.29, 1.82) is 0 Å². The molecule has 0 saturated carbocycles. The van der Waals surface area contributed by atoms with Crippen LogP contribution < -0.4 is 0 Å². The number of hydrogen-bond acceptors (Lipinski definition) is 4. The summed E-state index contributed by atoms with van der Waals surface area (Å²) in [5.41, 5.74) is 0.739. The Balaban J connectivity index is 3.00. The number of carbonyl (C=O) groups is 2. The monoisotopic (exact) mass is 220 g/mol. The van der Waals surface area contributed by atoms with Crippen molar-refractivity contribution in [3.05, 3.63) is 35.4 Å². The van der Waals surface area contributed by atoms with Crippen molar-refractivity contribution in [2.75, 3.05) is 7.11 Å². The smallest absolute Gasteiger partial charge is 0.337 e. The van der Waals surface area contributed by atoms with Crippen LogP contribution in [0, 0.1) is 0 Å². The van der Waals surface area contributed by atoms with Gasteiger partial charge in [0, 0.05) is 5.56 Å². The van der Waals surface area contributed by atoms with Crippen LogP contribution >= 0.6 is 0 Å². The molecule has 16 heavy (non-hydrogen) atoms. The number of benzene rings is 1. The number of hydrogen-bond donors (Lipinski definition) is 1. The molecule has 0 amide bonds. The molecule has 0 unspecified atom stereocenters. The van der Waals surface area contributed by atoms with Crippen LogP contribution in [0.3, 0.4) is 0 Å². The molecule has 0 fully saturated rings. The lowest BCUT2D eigenvalue weighted by molar-refractivity contribution is -0.112. The van der Waals surface area contributed by atoms with Gasteiger partial charge < -0.3 is 9.84 Å². The van der Waals surface area contributed by atoms with Gasteiger partial charge in [0.05, 0.1) is 12.7 Å². The molecule has 0 aliphatic rings. The molecule has 1 aromatic carbocycles. The Labute approximate surface area is 93.2 Å². The lowest BCUT2D eigenvalue weighted by Crippen LogP contribution is -2.00. The zero-order valence-electron chi connectivity index (χ0n) is 9.06. The highest BCUT2D eigenvalue weighted by Gasteiger charge is 2.07. The second-order valence-electron chi connectivity index (χ2n) is 3.21. The third-order valence-electron chi connectivity index (χ3n) is 1.95. The molecule has 0 aromatic heterocycles. The summed E-state index contributed by atoms with van der Waals surface area (Å²) in [6.07, 6.45) is 2.82. The summed E-state index contributed by atoms with van der Waals surface area (Å²) in [7, 11) is 1.27. The molecule has 1 rings (SSSR count). The molecule has 0 saturated heterocycles. The van der Waals surface area contributed by atoms with Gasteiger partial charge in [0.1, 0.15) is 5.75 Å². The minimum absolute atomic E-state index is 0.0691. The van der Waals surface area contributed by atoms with Gasteiger partial charge in [-0.3, -0.25) is 4.79 Å². The number of rotatable bonds is 3. The molecule has 1 aromatic rings. The summed E-state index contributed by atoms with van der Waals surface area (Å²) in [5.74, 6) is -0.700. The predicted molar refractivity (Wildman–Crippen MR) is 59.2 cm³/mol. The van der Waals surface area contributed by atoms with Crippen molar-refractivity contribution in [3.63, 3.8) is 0 Å². The summed E-state index contributed by atoms with van der Waals surface area (Å²) >= 11 is 0. The van der Waals surface area contributed by atoms with E-state index in [1.54, 1.807) is 6.07 Å². The van der Waals surface area contributed by atoms with E-state index in [0.717, 1.165) is 0 Å². The van der Waals surface area contributed by atoms with Crippen LogP contribution in [0.2, 0.25) is 0 Å². The van der Waals surface area contributed by atoms with Crippen LogP contribution in [-0.4, -0.2) is 24.0 Å². The molecule has 0 spiro atoms. The van der Waals surface area contributed by atoms with Gasteiger partial charge in [0.25, 0.3) is 0 Å². The molecule has 0 heterocycles. The number of esters is 1. The van der Waals surface area contributed by atoms with Gasteiger partial charge in [-0.2, -0.15) is 0 Å². The first-order valence-electron chi connectivity index (χ1n) is 4.64. The molecule has 4 nitrogen and oxygen atoms in total. The van der Waals surface area contributed by atoms with Crippen LogP contribution in [0.1, 0.15) is 22.8 Å². The Morgan fingerprint density at radius 1 is 1.38 bits per heavy atom. The maximum absolute atomic E-state index is 11.1. The zero-order chi connectivity index (χ0) is 12.1. The first-order chi connectivity index (χ1) is 7.54. The topological polar surface area (TPSA) is 63.6 Å². The highest BCUT2D eigenvalue weighted by molar-refractivity contribution is 5.93. The van der Waals surface area contributed by atoms with Crippen molar-refractivity contribution in [1.82, 2.24) is 0 Å². The van der Waals surface area contributed by atoms with Gasteiger partial charge in [-0.05, 0) is 31.2 Å². The Bertz CT molecular complexity index is 446. The summed E-state index contributed by atoms with van der Waals surface area (Å²) in [6, 6.07) is 4.36. The predicted octanol–water partition coefficient (Wildman–Crippen LogP) is 1.78. The number of phenolic OH excluding ortho intramolecular Hbond substituents is 1. The maximum atomic E-state index is 11.1. The molecular formula is C12H12O4. The van der Waals surface area contributed by atoms with E-state index in [0.29, 0.717) is 5.56 Å². The van der Waals surface area contributed by atoms with Gasteiger partial charge in [-0.15, -0.1) is 0 Å². The quantitative estimate of drug-likeness (QED) is 0.623. The molecule has 0 aliphatic heterocycles. The number of phenols is 1. The van der Waals surface area contributed by atoms with E-state index in [9.17, 15) is 14.7 Å². The Morgan fingerprint density at radius 3 is 2.56 bits per heavy atom. The van der Waals surface area contributed by atoms with Gasteiger partial charge in [0.15, 0.2) is 5.78 Å². The minimum atomic E-state index is -0.516. The number of ketones is 1. The lowest BCUT2D eigenvalue weighted by Gasteiger charge is -2.02. The van der Waals surface area contributed by atoms with Crippen molar-refractivity contribution < 1.29 is 19.4 Å². The SMILES string of the molecule is COC(=O)c1ccc(/C=C/C(C)=O)c(O)c1. The second-order valence-corrected chi connectivity index (χ2v) is 3.21. The van der Waals surface area contributed by atoms with Gasteiger partial charge >= 0.3 is 5.97 Å². The molecule has 4 heteroatoms. The fourth-order valence-electron chi connectivity index (χ4n) is 1.14. The molecule has 1 N–H and O–H groups in total. The van der Waals surface area contributed by atoms with Crippen LogP contribution in [0.25, 0.3) is 6.08 Å². The van der Waals surface area contributed by atoms with Crippen LogP contribution in [0.5, 0.6) is 5.75 Å². The van der Waals surface area contributed by atoms with E-state index >= 15 is 0 Å². The van der Waals surface area contributed by atoms with E-state index in [1.807, 2.05) is 0 Å². The van der Waals surface area contributed by atoms with E-state index in [1.165, 1.54) is 38.3 Å². The first-order valence-corrected chi connectivity index (χ1v) is 4.64. The first kappa shape index (κ1) is 12.0. The largest absolute Gasteiger partial charge is 0.507 e. The molecule has 0 bridgehead atoms. The third kappa shape index (κ3) is 2.95. The third-order valence-corrected chi connectivity index (χ3v) is 1.95. The number of methoxy groups -OCH3 is 1. The summed E-state index contributed by atoms with van der Waals surface area (Å²) in [4.78, 5) is 21.8. The minimum Gasteiger partial charge on any atom is -0.507 e. The molecule has 0 aliphatic carbocycles. The highest BCUT2D eigenvalue weighted by Crippen LogP contribution is 2.20. The average molecular weight is 220 g/mol. The number of aromatic hydroxyl groups is 1. The van der Waals surface area contributed by atoms with E-state index in [4.69, 9.17) is 0 Å². The fourth-order valence-corrected chi connectivity index (χ4v) is 1.14. The number of allylic oxidation sites excluding steroid dienone is 1. The van der Waals surface area contributed by atoms with Gasteiger partial charge in [0.2, 0.25) is 0 Å². The summed E-state index contributed by atoms with van der Waals surface area (Å²) in [6.45, 7) is 1.41. The number of ether oxygens (including phenoxy) is 1. The molecule has 0 radical (unpaired) electrons. The lowest BCUT2D eigenvalue weighted by atomic mass is 10.1. The van der Waals surface area contributed by atoms with Gasteiger partial charge in [-0.1, -0.05) is 6.07 Å². The van der Waals surface area contributed by atoms with E-state index < -0.39 is 5.97 Å². The summed E-state index contributed by atoms with van der Waals surface area (Å²) < 4.78 is 4.51. The standard InChI is InChI=1S/C12H12O4/c1-8(13)3-4-9-5-6-10(7-11(9)14)12(15)16-2/h3-7,14H,1-2H3/b4-3+. The van der Waals surface area contributed by atoms with E-state index in [2.05, 4.69) is 4.74 Å². The normalized spacial score (nSPS) is 10.4. The number of carbonyl (C=O) groups excluding carboxylic acids is 2. The van der Waals surface area contributed by atoms with Crippen molar-refractivity contribution >= 4 is 17.8 Å². The second kappa shape index (κ2) is 5.11.